The normalized spacial score (nSPS) is 22.7. The Morgan fingerprint density at radius 1 is 1.40 bits per heavy atom. The molecule has 0 aliphatic carbocycles. The summed E-state index contributed by atoms with van der Waals surface area (Å²) in [4.78, 5) is 10.5. The summed E-state index contributed by atoms with van der Waals surface area (Å²) in [5.74, 6) is -0.287. The van der Waals surface area contributed by atoms with Gasteiger partial charge in [-0.3, -0.25) is 5.32 Å². The molecule has 1 aliphatic heterocycles. The second-order valence-electron chi connectivity index (χ2n) is 3.21. The molecular weight excluding hydrogens is 189 g/mol. The van der Waals surface area contributed by atoms with Crippen molar-refractivity contribution in [3.05, 3.63) is 29.8 Å². The van der Waals surface area contributed by atoms with Crippen molar-refractivity contribution in [1.29, 1.82) is 0 Å². The minimum Gasteiger partial charge on any atom is -0.548 e. The summed E-state index contributed by atoms with van der Waals surface area (Å²) in [6.07, 6.45) is 0. The standard InChI is InChI=1S/C10H11NO3.Li/c1-14-7-4-2-6(3-5-7)8-9(11-8)10(12)13;/h2-5,8-9,11H,1H3,(H,12,13);/q;+1/p-1/t8-,9+;/m1./s1. The molecule has 0 bridgehead atoms. The zero-order chi connectivity index (χ0) is 10.1. The molecule has 1 N–H and O–H groups in total. The molecule has 4 nitrogen and oxygen atoms in total. The maximum Gasteiger partial charge on any atom is 1.00 e. The van der Waals surface area contributed by atoms with E-state index in [0.717, 1.165) is 11.3 Å². The number of nitrogens with one attached hydrogen (secondary N) is 1. The predicted molar refractivity (Wildman–Crippen MR) is 47.7 cm³/mol. The Bertz CT molecular complexity index is 352. The average Bonchev–Trinajstić information content (AvgIpc) is 2.97. The summed E-state index contributed by atoms with van der Waals surface area (Å²) in [6, 6.07) is 6.66. The SMILES string of the molecule is COc1ccc([C@H]2N[C@@H]2C(=O)[O-])cc1.[Li+]. The van der Waals surface area contributed by atoms with Gasteiger partial charge in [-0.25, -0.2) is 0 Å². The molecule has 0 amide bonds. The number of carbonyl (C=O) groups is 1. The second kappa shape index (κ2) is 4.71. The summed E-state index contributed by atoms with van der Waals surface area (Å²) in [7, 11) is 1.59. The first kappa shape index (κ1) is 12.1. The topological polar surface area (TPSA) is 71.3 Å². The van der Waals surface area contributed by atoms with Crippen LogP contribution in [0.3, 0.4) is 0 Å². The van der Waals surface area contributed by atoms with E-state index >= 15 is 0 Å². The molecule has 1 aromatic carbocycles. The third kappa shape index (κ3) is 2.54. The summed E-state index contributed by atoms with van der Waals surface area (Å²) >= 11 is 0. The maximum absolute atomic E-state index is 10.5. The van der Waals surface area contributed by atoms with Gasteiger partial charge in [0.15, 0.2) is 0 Å². The van der Waals surface area contributed by atoms with Crippen molar-refractivity contribution in [1.82, 2.24) is 5.32 Å². The number of hydrogen-bond donors (Lipinski definition) is 1. The van der Waals surface area contributed by atoms with Gasteiger partial charge in [0.25, 0.3) is 0 Å². The van der Waals surface area contributed by atoms with E-state index in [9.17, 15) is 9.90 Å². The Hall–Kier alpha value is -0.953. The Morgan fingerprint density at radius 3 is 2.40 bits per heavy atom. The molecule has 0 unspecified atom stereocenters. The third-order valence-electron chi connectivity index (χ3n) is 2.31. The first-order valence-corrected chi connectivity index (χ1v) is 4.33. The molecule has 0 saturated carbocycles. The van der Waals surface area contributed by atoms with E-state index in [4.69, 9.17) is 4.74 Å². The molecule has 1 fully saturated rings. The Balaban J connectivity index is 0.00000112. The zero-order valence-electron chi connectivity index (χ0n) is 8.69. The van der Waals surface area contributed by atoms with Gasteiger partial charge >= 0.3 is 18.9 Å². The molecule has 0 aromatic heterocycles. The van der Waals surface area contributed by atoms with Crippen molar-refractivity contribution in [3.8, 4) is 5.75 Å². The van der Waals surface area contributed by atoms with Crippen LogP contribution in [0.25, 0.3) is 0 Å². The number of carbonyl (C=O) groups excluding carboxylic acids is 1. The molecular formula is C10H10LiNO3. The van der Waals surface area contributed by atoms with Crippen LogP contribution in [-0.4, -0.2) is 19.1 Å². The molecule has 1 heterocycles. The minimum absolute atomic E-state index is 0. The number of rotatable bonds is 3. The van der Waals surface area contributed by atoms with Gasteiger partial charge in [0.05, 0.1) is 25.2 Å². The van der Waals surface area contributed by atoms with Crippen molar-refractivity contribution < 1.29 is 33.5 Å². The van der Waals surface area contributed by atoms with E-state index in [2.05, 4.69) is 5.32 Å². The van der Waals surface area contributed by atoms with Gasteiger partial charge in [0, 0.05) is 0 Å². The van der Waals surface area contributed by atoms with Crippen LogP contribution in [0.2, 0.25) is 0 Å². The number of ether oxygens (including phenoxy) is 1. The quantitative estimate of drug-likeness (QED) is 0.404. The van der Waals surface area contributed by atoms with E-state index in [1.54, 1.807) is 7.11 Å². The van der Waals surface area contributed by atoms with E-state index in [1.807, 2.05) is 24.3 Å². The van der Waals surface area contributed by atoms with Crippen molar-refractivity contribution in [2.24, 2.45) is 0 Å². The van der Waals surface area contributed by atoms with Gasteiger partial charge in [-0.05, 0) is 17.7 Å². The molecule has 15 heavy (non-hydrogen) atoms. The Labute approximate surface area is 99.8 Å². The summed E-state index contributed by atoms with van der Waals surface area (Å²) in [5, 5.41) is 13.3. The Kier molecular flexibility index (Phi) is 3.81. The fraction of sp³-hybridized carbons (Fsp3) is 0.300. The molecule has 74 valence electrons. The molecule has 2 rings (SSSR count). The largest absolute Gasteiger partial charge is 1.00 e. The van der Waals surface area contributed by atoms with Gasteiger partial charge in [-0.1, -0.05) is 12.1 Å². The molecule has 1 saturated heterocycles. The van der Waals surface area contributed by atoms with Crippen molar-refractivity contribution in [2.75, 3.05) is 7.11 Å². The van der Waals surface area contributed by atoms with E-state index in [0.29, 0.717) is 0 Å². The summed E-state index contributed by atoms with van der Waals surface area (Å²) < 4.78 is 4.99. The molecule has 1 aromatic rings. The average molecular weight is 199 g/mol. The summed E-state index contributed by atoms with van der Waals surface area (Å²) in [6.45, 7) is 0. The Morgan fingerprint density at radius 2 is 2.00 bits per heavy atom. The number of benzene rings is 1. The second-order valence-corrected chi connectivity index (χ2v) is 3.21. The van der Waals surface area contributed by atoms with E-state index in [-0.39, 0.29) is 24.9 Å². The molecule has 5 heteroatoms. The first-order chi connectivity index (χ1) is 6.72. The van der Waals surface area contributed by atoms with Gasteiger partial charge in [-0.2, -0.15) is 0 Å². The molecule has 0 spiro atoms. The van der Waals surface area contributed by atoms with Crippen molar-refractivity contribution in [3.63, 3.8) is 0 Å². The zero-order valence-corrected chi connectivity index (χ0v) is 8.69. The van der Waals surface area contributed by atoms with Crippen LogP contribution in [0.1, 0.15) is 11.6 Å². The fourth-order valence-electron chi connectivity index (χ4n) is 1.44. The predicted octanol–water partition coefficient (Wildman–Crippen LogP) is -3.54. The van der Waals surface area contributed by atoms with Crippen LogP contribution < -0.4 is 34.0 Å². The van der Waals surface area contributed by atoms with E-state index < -0.39 is 12.0 Å². The monoisotopic (exact) mass is 199 g/mol. The van der Waals surface area contributed by atoms with Crippen LogP contribution in [0, 0.1) is 0 Å². The minimum atomic E-state index is -1.05. The number of methoxy groups -OCH3 is 1. The third-order valence-corrected chi connectivity index (χ3v) is 2.31. The number of carboxylic acid groups (broad SMARTS) is 1. The fourth-order valence-corrected chi connectivity index (χ4v) is 1.44. The van der Waals surface area contributed by atoms with Gasteiger partial charge in [0.1, 0.15) is 5.75 Å². The number of aliphatic carboxylic acids is 1. The van der Waals surface area contributed by atoms with Gasteiger partial charge in [-0.15, -0.1) is 0 Å². The van der Waals surface area contributed by atoms with E-state index in [1.165, 1.54) is 0 Å². The van der Waals surface area contributed by atoms with Crippen molar-refractivity contribution >= 4 is 5.97 Å². The molecule has 0 radical (unpaired) electrons. The van der Waals surface area contributed by atoms with Crippen LogP contribution in [0.5, 0.6) is 5.75 Å². The number of carboxylic acids is 1. The number of hydrogen-bond acceptors (Lipinski definition) is 4. The van der Waals surface area contributed by atoms with Crippen LogP contribution >= 0.6 is 0 Å². The van der Waals surface area contributed by atoms with Crippen LogP contribution in [-0.2, 0) is 4.79 Å². The first-order valence-electron chi connectivity index (χ1n) is 4.33. The summed E-state index contributed by atoms with van der Waals surface area (Å²) in [5.41, 5.74) is 0.944. The smallest absolute Gasteiger partial charge is 0.548 e. The van der Waals surface area contributed by atoms with Gasteiger partial charge < -0.3 is 14.6 Å². The van der Waals surface area contributed by atoms with Crippen LogP contribution in [0.15, 0.2) is 24.3 Å². The molecule has 1 aliphatic rings. The van der Waals surface area contributed by atoms with Crippen molar-refractivity contribution in [2.45, 2.75) is 12.1 Å². The van der Waals surface area contributed by atoms with Gasteiger partial charge in [0.2, 0.25) is 0 Å². The maximum atomic E-state index is 10.5. The van der Waals surface area contributed by atoms with Crippen LogP contribution in [0.4, 0.5) is 0 Å². The molecule has 2 atom stereocenters.